The molecule has 7 rings (SSSR count). The highest BCUT2D eigenvalue weighted by Crippen LogP contribution is 2.38. The zero-order valence-corrected chi connectivity index (χ0v) is 33.5. The molecule has 2 aromatic carbocycles. The topological polar surface area (TPSA) is 160 Å². The first-order valence-corrected chi connectivity index (χ1v) is 21.3. The van der Waals surface area contributed by atoms with Crippen LogP contribution in [0.15, 0.2) is 47.5 Å². The van der Waals surface area contributed by atoms with Gasteiger partial charge in [0.2, 0.25) is 27.8 Å². The second-order valence-electron chi connectivity index (χ2n) is 15.9. The van der Waals surface area contributed by atoms with Crippen LogP contribution in [0.4, 0.5) is 36.3 Å². The fraction of sp³-hybridized carbons (Fsp3) is 0.538. The van der Waals surface area contributed by atoms with E-state index in [0.717, 1.165) is 56.5 Å². The normalized spacial score (nSPS) is 25.4. The maximum Gasteiger partial charge on any atom is 0.421 e. The van der Waals surface area contributed by atoms with E-state index in [4.69, 9.17) is 11.6 Å². The Hall–Kier alpha value is -4.03. The number of aliphatic hydroxyl groups is 1. The number of aromatic nitrogens is 2. The van der Waals surface area contributed by atoms with Gasteiger partial charge >= 0.3 is 6.18 Å². The summed E-state index contributed by atoms with van der Waals surface area (Å²) in [5, 5.41) is 16.4. The number of β-amino-alcohol motifs (C(OH)–C–C–N with tert-alkyl or cyclic N) is 1. The number of anilines is 4. The summed E-state index contributed by atoms with van der Waals surface area (Å²) in [5.74, 6) is -1.41. The second-order valence-corrected chi connectivity index (χ2v) is 18.0. The van der Waals surface area contributed by atoms with Crippen molar-refractivity contribution in [2.75, 3.05) is 54.4 Å². The van der Waals surface area contributed by atoms with Crippen LogP contribution >= 0.6 is 11.6 Å². The highest BCUT2D eigenvalue weighted by atomic mass is 35.5. The van der Waals surface area contributed by atoms with Crippen molar-refractivity contribution in [1.29, 1.82) is 0 Å². The van der Waals surface area contributed by atoms with E-state index in [2.05, 4.69) is 35.1 Å². The summed E-state index contributed by atoms with van der Waals surface area (Å²) >= 11 is 6.63. The quantitative estimate of drug-likeness (QED) is 0.202. The molecule has 2 atom stereocenters. The lowest BCUT2D eigenvalue weighted by Crippen LogP contribution is -2.52. The summed E-state index contributed by atoms with van der Waals surface area (Å²) in [5.41, 5.74) is 0.546. The van der Waals surface area contributed by atoms with Crippen LogP contribution in [0.25, 0.3) is 0 Å². The summed E-state index contributed by atoms with van der Waals surface area (Å²) in [6.45, 7) is 6.90. The highest BCUT2D eigenvalue weighted by molar-refractivity contribution is 7.89. The van der Waals surface area contributed by atoms with E-state index in [9.17, 15) is 36.3 Å². The molecule has 1 aromatic heterocycles. The number of sulfonamides is 1. The first-order valence-electron chi connectivity index (χ1n) is 19.4. The van der Waals surface area contributed by atoms with Crippen LogP contribution in [0.2, 0.25) is 5.02 Å². The Morgan fingerprint density at radius 3 is 2.37 bits per heavy atom. The third-order valence-corrected chi connectivity index (χ3v) is 13.5. The zero-order chi connectivity index (χ0) is 40.7. The molecular weight excluding hydrogens is 785 g/mol. The minimum atomic E-state index is -4.70. The van der Waals surface area contributed by atoms with E-state index in [1.807, 2.05) is 18.2 Å². The van der Waals surface area contributed by atoms with Gasteiger partial charge in [0.05, 0.1) is 16.4 Å². The van der Waals surface area contributed by atoms with Crippen molar-refractivity contribution < 1.29 is 36.3 Å². The number of rotatable bonds is 9. The molecule has 0 radical (unpaired) electrons. The lowest BCUT2D eigenvalue weighted by molar-refractivity contribution is -0.138. The molecule has 4 heterocycles. The average molecular weight is 833 g/mol. The number of nitrogens with zero attached hydrogens (tertiary/aromatic N) is 5. The molecule has 57 heavy (non-hydrogen) atoms. The Morgan fingerprint density at radius 2 is 1.72 bits per heavy atom. The smallest absolute Gasteiger partial charge is 0.388 e. The van der Waals surface area contributed by atoms with Gasteiger partial charge in [0.1, 0.15) is 11.4 Å². The molecular formula is C39H48ClF3N8O5S. The maximum absolute atomic E-state index is 13.9. The Labute approximate surface area is 335 Å². The van der Waals surface area contributed by atoms with E-state index in [1.54, 1.807) is 19.9 Å². The number of alkyl halides is 3. The van der Waals surface area contributed by atoms with Gasteiger partial charge in [-0.2, -0.15) is 18.2 Å². The minimum Gasteiger partial charge on any atom is -0.388 e. The summed E-state index contributed by atoms with van der Waals surface area (Å²) in [6.07, 6.45) is 0.832. The molecule has 3 aromatic rings. The highest BCUT2D eigenvalue weighted by Gasteiger charge is 2.40. The summed E-state index contributed by atoms with van der Waals surface area (Å²) in [4.78, 5) is 38.3. The maximum atomic E-state index is 13.9. The van der Waals surface area contributed by atoms with Gasteiger partial charge in [0, 0.05) is 80.4 Å². The van der Waals surface area contributed by atoms with Crippen LogP contribution in [0.3, 0.4) is 0 Å². The van der Waals surface area contributed by atoms with Crippen molar-refractivity contribution in [3.05, 3.63) is 64.3 Å². The molecule has 4 N–H and O–H groups in total. The van der Waals surface area contributed by atoms with Gasteiger partial charge in [0.25, 0.3) is 0 Å². The number of aryl methyl sites for hydroxylation is 1. The Morgan fingerprint density at radius 1 is 0.982 bits per heavy atom. The summed E-state index contributed by atoms with van der Waals surface area (Å²) in [6, 6.07) is 10.4. The van der Waals surface area contributed by atoms with Crippen molar-refractivity contribution in [3.63, 3.8) is 0 Å². The van der Waals surface area contributed by atoms with Gasteiger partial charge in [-0.25, -0.2) is 18.1 Å². The summed E-state index contributed by atoms with van der Waals surface area (Å²) in [7, 11) is -3.86. The predicted molar refractivity (Wildman–Crippen MR) is 210 cm³/mol. The number of piperidine rings is 2. The largest absolute Gasteiger partial charge is 0.421 e. The number of carbonyl (C=O) groups excluding carboxylic acids is 2. The molecule has 0 bridgehead atoms. The molecule has 3 aliphatic heterocycles. The monoisotopic (exact) mass is 832 g/mol. The lowest BCUT2D eigenvalue weighted by atomic mass is 9.90. The number of halogens is 4. The Balaban J connectivity index is 0.915. The van der Waals surface area contributed by atoms with E-state index in [-0.39, 0.29) is 41.1 Å². The number of carbonyl (C=O) groups is 2. The molecule has 2 amide bonds. The number of benzene rings is 2. The van der Waals surface area contributed by atoms with Gasteiger partial charge in [0.15, 0.2) is 0 Å². The zero-order valence-electron chi connectivity index (χ0n) is 31.9. The molecule has 18 heteroatoms. The third kappa shape index (κ3) is 9.48. The fourth-order valence-electron chi connectivity index (χ4n) is 8.52. The first-order chi connectivity index (χ1) is 27.0. The Kier molecular flexibility index (Phi) is 11.8. The second kappa shape index (κ2) is 16.3. The molecule has 1 saturated carbocycles. The minimum absolute atomic E-state index is 0.00655. The first kappa shape index (κ1) is 41.1. The average Bonchev–Trinajstić information content (AvgIpc) is 3.15. The van der Waals surface area contributed by atoms with Crippen LogP contribution in [0.1, 0.15) is 80.9 Å². The van der Waals surface area contributed by atoms with Gasteiger partial charge in [-0.15, -0.1) is 0 Å². The van der Waals surface area contributed by atoms with Crippen molar-refractivity contribution >= 4 is 56.6 Å². The molecule has 0 spiro atoms. The molecule has 308 valence electrons. The number of amides is 2. The fourth-order valence-corrected chi connectivity index (χ4v) is 10.2. The van der Waals surface area contributed by atoms with Gasteiger partial charge in [-0.3, -0.25) is 19.8 Å². The Bertz CT molecular complexity index is 2110. The number of piperazine rings is 1. The third-order valence-electron chi connectivity index (χ3n) is 11.6. The van der Waals surface area contributed by atoms with Crippen LogP contribution in [-0.4, -0.2) is 97.2 Å². The van der Waals surface area contributed by atoms with E-state index in [0.29, 0.717) is 67.4 Å². The van der Waals surface area contributed by atoms with E-state index in [1.165, 1.54) is 17.0 Å². The molecule has 4 aliphatic rings. The van der Waals surface area contributed by atoms with Crippen molar-refractivity contribution in [3.8, 4) is 0 Å². The predicted octanol–water partition coefficient (Wildman–Crippen LogP) is 5.48. The molecule has 3 saturated heterocycles. The van der Waals surface area contributed by atoms with Crippen LogP contribution in [0.5, 0.6) is 0 Å². The van der Waals surface area contributed by atoms with Crippen molar-refractivity contribution in [2.45, 2.75) is 99.9 Å². The van der Waals surface area contributed by atoms with E-state index >= 15 is 0 Å². The number of imide groups is 1. The van der Waals surface area contributed by atoms with Gasteiger partial charge in [-0.05, 0) is 100 Å². The molecule has 1 unspecified atom stereocenters. The van der Waals surface area contributed by atoms with Crippen molar-refractivity contribution in [2.24, 2.45) is 0 Å². The van der Waals surface area contributed by atoms with E-state index < -0.39 is 33.3 Å². The number of hydrogen-bond acceptors (Lipinski definition) is 11. The molecule has 13 nitrogen and oxygen atoms in total. The molecule has 1 aliphatic carbocycles. The van der Waals surface area contributed by atoms with Crippen LogP contribution < -0.4 is 25.2 Å². The standard InChI is InChI=1S/C39H48ClF3N8O5S/c1-24-20-28(9-12-33(24)45-37-44-22-31(39(41,42)43)35(47-37)51-15-3-14-38(2,54)23-51)57(55,56)48-25-4-6-26(7-5-25)49-16-18-50(19-17-49)27-8-10-29(32(40)21-27)30-11-13-34(52)46-36(30)53/h8-10,12,20-22,25-26,30,48,54H,3-7,11,13-19,23H2,1-2H3,(H,44,45,47)(H,46,52,53)/t25?,26?,30?,38-/m0/s1. The van der Waals surface area contributed by atoms with Gasteiger partial charge < -0.3 is 20.2 Å². The van der Waals surface area contributed by atoms with Crippen molar-refractivity contribution in [1.82, 2.24) is 24.9 Å². The SMILES string of the molecule is Cc1cc(S(=O)(=O)NC2CCC(N3CCN(c4ccc(C5CCC(=O)NC5=O)c(Cl)c4)CC3)CC2)ccc1Nc1ncc(C(F)(F)F)c(N2CCC[C@](C)(O)C2)n1. The number of nitrogens with one attached hydrogen (secondary N) is 3. The van der Waals surface area contributed by atoms with Crippen LogP contribution in [-0.2, 0) is 25.8 Å². The van der Waals surface area contributed by atoms with Crippen LogP contribution in [0, 0.1) is 6.92 Å². The molecule has 4 fully saturated rings. The lowest BCUT2D eigenvalue weighted by Gasteiger charge is -2.42. The summed E-state index contributed by atoms with van der Waals surface area (Å²) < 4.78 is 71.6. The van der Waals surface area contributed by atoms with Gasteiger partial charge in [-0.1, -0.05) is 17.7 Å². The number of hydrogen-bond donors (Lipinski definition) is 4.